The van der Waals surface area contributed by atoms with E-state index in [9.17, 15) is 4.39 Å². The summed E-state index contributed by atoms with van der Waals surface area (Å²) < 4.78 is 20.5. The molecule has 0 spiro atoms. The number of benzene rings is 1. The van der Waals surface area contributed by atoms with Crippen molar-refractivity contribution in [3.63, 3.8) is 0 Å². The average molecular weight is 412 g/mol. The summed E-state index contributed by atoms with van der Waals surface area (Å²) in [5.74, 6) is -0.156. The largest absolute Gasteiger partial charge is 0.435 e. The van der Waals surface area contributed by atoms with E-state index in [1.165, 1.54) is 25.4 Å². The van der Waals surface area contributed by atoms with Crippen molar-refractivity contribution in [2.75, 3.05) is 32.0 Å². The highest BCUT2D eigenvalue weighted by molar-refractivity contribution is 5.88. The van der Waals surface area contributed by atoms with Crippen LogP contribution in [0.25, 0.3) is 10.9 Å². The van der Waals surface area contributed by atoms with Crippen molar-refractivity contribution < 1.29 is 14.0 Å². The first-order chi connectivity index (χ1) is 14.6. The molecule has 1 saturated heterocycles. The van der Waals surface area contributed by atoms with Crippen LogP contribution in [0.3, 0.4) is 0 Å². The molecule has 30 heavy (non-hydrogen) atoms. The topological polar surface area (TPSA) is 102 Å². The zero-order chi connectivity index (χ0) is 20.9. The number of fused-ring (bicyclic) bond motifs is 1. The van der Waals surface area contributed by atoms with Gasteiger partial charge in [0.15, 0.2) is 11.6 Å². The van der Waals surface area contributed by atoms with E-state index in [2.05, 4.69) is 25.0 Å². The Hall–Kier alpha value is -3.20. The van der Waals surface area contributed by atoms with Crippen molar-refractivity contribution in [3.05, 3.63) is 41.6 Å². The summed E-state index contributed by atoms with van der Waals surface area (Å²) in [6, 6.07) is 5.02. The zero-order valence-electron chi connectivity index (χ0n) is 16.9. The van der Waals surface area contributed by atoms with Crippen LogP contribution in [0.15, 0.2) is 29.7 Å². The molecular formula is C21H25FN6O2. The number of nitrogens with two attached hydrogens (primary N) is 1. The number of aromatic nitrogens is 3. The molecule has 158 valence electrons. The van der Waals surface area contributed by atoms with Crippen LogP contribution in [-0.2, 0) is 4.84 Å². The number of halogens is 1. The first kappa shape index (κ1) is 20.1. The van der Waals surface area contributed by atoms with Crippen molar-refractivity contribution in [2.45, 2.75) is 26.2 Å². The first-order valence-corrected chi connectivity index (χ1v) is 10.1. The van der Waals surface area contributed by atoms with Gasteiger partial charge in [0, 0.05) is 23.1 Å². The van der Waals surface area contributed by atoms with E-state index >= 15 is 0 Å². The molecule has 2 aromatic heterocycles. The maximum absolute atomic E-state index is 14.8. The molecule has 3 aromatic rings. The molecule has 8 nitrogen and oxygen atoms in total. The van der Waals surface area contributed by atoms with Gasteiger partial charge in [-0.2, -0.15) is 0 Å². The molecule has 0 saturated carbocycles. The summed E-state index contributed by atoms with van der Waals surface area (Å²) in [7, 11) is 0. The average Bonchev–Trinajstić information content (AvgIpc) is 3.38. The normalized spacial score (nSPS) is 14.7. The van der Waals surface area contributed by atoms with Crippen LogP contribution in [0.1, 0.15) is 30.5 Å². The maximum Gasteiger partial charge on any atom is 0.233 e. The number of ether oxygens (including phenoxy) is 1. The Morgan fingerprint density at radius 2 is 2.13 bits per heavy atom. The Kier molecular flexibility index (Phi) is 6.08. The van der Waals surface area contributed by atoms with Crippen LogP contribution in [-0.4, -0.2) is 52.3 Å². The van der Waals surface area contributed by atoms with E-state index in [0.29, 0.717) is 23.1 Å². The zero-order valence-corrected chi connectivity index (χ0v) is 16.9. The highest BCUT2D eigenvalue weighted by Gasteiger charge is 2.15. The monoisotopic (exact) mass is 412 g/mol. The van der Waals surface area contributed by atoms with Gasteiger partial charge in [-0.3, -0.25) is 0 Å². The fraction of sp³-hybridized carbons (Fsp3) is 0.381. The third kappa shape index (κ3) is 4.51. The van der Waals surface area contributed by atoms with Gasteiger partial charge in [0.25, 0.3) is 0 Å². The predicted octanol–water partition coefficient (Wildman–Crippen LogP) is 3.62. The summed E-state index contributed by atoms with van der Waals surface area (Å²) in [6.45, 7) is 5.68. The van der Waals surface area contributed by atoms with E-state index in [0.717, 1.165) is 31.7 Å². The number of nitrogen functional groups attached to an aromatic ring is 1. The third-order valence-electron chi connectivity index (χ3n) is 5.09. The van der Waals surface area contributed by atoms with Crippen LogP contribution in [0.5, 0.6) is 11.6 Å². The number of aromatic amines is 1. The summed E-state index contributed by atoms with van der Waals surface area (Å²) in [4.78, 5) is 18.9. The fourth-order valence-electron chi connectivity index (χ4n) is 3.57. The number of aryl methyl sites for hydroxylation is 1. The third-order valence-corrected chi connectivity index (χ3v) is 5.09. The van der Waals surface area contributed by atoms with E-state index < -0.39 is 5.82 Å². The van der Waals surface area contributed by atoms with Crippen LogP contribution in [0, 0.1) is 12.7 Å². The molecule has 3 N–H and O–H groups in total. The Bertz CT molecular complexity index is 1050. The van der Waals surface area contributed by atoms with Crippen LogP contribution in [0.4, 0.5) is 10.2 Å². The van der Waals surface area contributed by atoms with Gasteiger partial charge in [0.1, 0.15) is 24.3 Å². The highest BCUT2D eigenvalue weighted by Crippen LogP contribution is 2.31. The lowest BCUT2D eigenvalue weighted by molar-refractivity contribution is 0.133. The van der Waals surface area contributed by atoms with E-state index in [4.69, 9.17) is 15.3 Å². The van der Waals surface area contributed by atoms with E-state index in [-0.39, 0.29) is 17.4 Å². The second kappa shape index (κ2) is 9.08. The quantitative estimate of drug-likeness (QED) is 0.333. The van der Waals surface area contributed by atoms with Crippen molar-refractivity contribution >= 4 is 22.9 Å². The Balaban J connectivity index is 1.43. The number of rotatable bonds is 8. The van der Waals surface area contributed by atoms with Gasteiger partial charge in [-0.1, -0.05) is 5.16 Å². The van der Waals surface area contributed by atoms with Gasteiger partial charge in [-0.15, -0.1) is 0 Å². The second-order valence-electron chi connectivity index (χ2n) is 7.34. The smallest absolute Gasteiger partial charge is 0.233 e. The van der Waals surface area contributed by atoms with Crippen molar-refractivity contribution in [1.82, 2.24) is 19.9 Å². The first-order valence-electron chi connectivity index (χ1n) is 10.1. The molecule has 1 fully saturated rings. The van der Waals surface area contributed by atoms with Gasteiger partial charge < -0.3 is 25.2 Å². The summed E-state index contributed by atoms with van der Waals surface area (Å²) in [5, 5.41) is 4.41. The molecule has 0 radical (unpaired) electrons. The van der Waals surface area contributed by atoms with Crippen molar-refractivity contribution in [2.24, 2.45) is 5.16 Å². The molecule has 1 aliphatic heterocycles. The minimum Gasteiger partial charge on any atom is -0.435 e. The molecule has 0 unspecified atom stereocenters. The SMILES string of the molecule is Cc1cc2c(F)c(Oc3ncnc(N)c3/C=N/OCCCN3CCCC3)ccc2[nH]1. The van der Waals surface area contributed by atoms with Crippen LogP contribution < -0.4 is 10.5 Å². The molecule has 0 bridgehead atoms. The minimum absolute atomic E-state index is 0.0424. The minimum atomic E-state index is -0.477. The molecule has 1 aliphatic rings. The number of hydrogen-bond donors (Lipinski definition) is 2. The molecular weight excluding hydrogens is 387 g/mol. The number of nitrogens with one attached hydrogen (secondary N) is 1. The van der Waals surface area contributed by atoms with Crippen molar-refractivity contribution in [3.8, 4) is 11.6 Å². The summed E-state index contributed by atoms with van der Waals surface area (Å²) in [6.07, 6.45) is 6.09. The number of hydrogen-bond acceptors (Lipinski definition) is 7. The number of likely N-dealkylation sites (tertiary alicyclic amines) is 1. The maximum atomic E-state index is 14.8. The molecule has 3 heterocycles. The molecule has 1 aromatic carbocycles. The van der Waals surface area contributed by atoms with Gasteiger partial charge in [0.05, 0.1) is 6.21 Å². The van der Waals surface area contributed by atoms with E-state index in [1.54, 1.807) is 18.2 Å². The van der Waals surface area contributed by atoms with Crippen LogP contribution >= 0.6 is 0 Å². The van der Waals surface area contributed by atoms with Crippen molar-refractivity contribution in [1.29, 1.82) is 0 Å². The lowest BCUT2D eigenvalue weighted by atomic mass is 10.2. The Morgan fingerprint density at radius 3 is 2.97 bits per heavy atom. The second-order valence-corrected chi connectivity index (χ2v) is 7.34. The van der Waals surface area contributed by atoms with Gasteiger partial charge in [-0.05, 0) is 57.5 Å². The number of oxime groups is 1. The van der Waals surface area contributed by atoms with E-state index in [1.807, 2.05) is 6.92 Å². The van der Waals surface area contributed by atoms with Gasteiger partial charge in [-0.25, -0.2) is 14.4 Å². The summed E-state index contributed by atoms with van der Waals surface area (Å²) >= 11 is 0. The highest BCUT2D eigenvalue weighted by atomic mass is 19.1. The molecule has 0 atom stereocenters. The summed E-state index contributed by atoms with van der Waals surface area (Å²) in [5.41, 5.74) is 7.84. The fourth-order valence-corrected chi connectivity index (χ4v) is 3.57. The number of H-pyrrole nitrogens is 1. The standard InChI is InChI=1S/C21H25FN6O2/c1-14-11-15-17(27-14)5-6-18(19(15)22)30-21-16(20(23)24-13-25-21)12-26-29-10-4-9-28-7-2-3-8-28/h5-6,11-13,27H,2-4,7-10H2,1H3,(H2,23,24,25)/b26-12+. The number of anilines is 1. The Labute approximate surface area is 173 Å². The lowest BCUT2D eigenvalue weighted by Crippen LogP contribution is -2.21. The van der Waals surface area contributed by atoms with Gasteiger partial charge >= 0.3 is 0 Å². The van der Waals surface area contributed by atoms with Crippen LogP contribution in [0.2, 0.25) is 0 Å². The number of nitrogens with zero attached hydrogens (tertiary/aromatic N) is 4. The molecule has 4 rings (SSSR count). The molecule has 0 amide bonds. The lowest BCUT2D eigenvalue weighted by Gasteiger charge is -2.13. The van der Waals surface area contributed by atoms with Gasteiger partial charge in [0.2, 0.25) is 5.88 Å². The molecule has 9 heteroatoms. The predicted molar refractivity (Wildman–Crippen MR) is 113 cm³/mol. The Morgan fingerprint density at radius 1 is 1.30 bits per heavy atom. The molecule has 0 aliphatic carbocycles.